The zero-order valence-corrected chi connectivity index (χ0v) is 12.2. The maximum absolute atomic E-state index is 6.06. The number of nitrogens with zero attached hydrogens (tertiary/aromatic N) is 1. The van der Waals surface area contributed by atoms with E-state index in [1.807, 2.05) is 0 Å². The summed E-state index contributed by atoms with van der Waals surface area (Å²) < 4.78 is 0. The Hall–Kier alpha value is -0.0800. The maximum Gasteiger partial charge on any atom is 0.00739 e. The SMILES string of the molecule is CCCCN(CC(C)(C)C(C)N)C(C)CC. The Bertz CT molecular complexity index is 176. The van der Waals surface area contributed by atoms with Gasteiger partial charge in [0.2, 0.25) is 0 Å². The van der Waals surface area contributed by atoms with E-state index in [-0.39, 0.29) is 11.5 Å². The topological polar surface area (TPSA) is 29.3 Å². The summed E-state index contributed by atoms with van der Waals surface area (Å²) in [6, 6.07) is 0.922. The van der Waals surface area contributed by atoms with Crippen molar-refractivity contribution in [3.63, 3.8) is 0 Å². The molecular weight excluding hydrogens is 196 g/mol. The Morgan fingerprint density at radius 1 is 1.19 bits per heavy atom. The second-order valence-corrected chi connectivity index (χ2v) is 5.86. The van der Waals surface area contributed by atoms with Crippen molar-refractivity contribution in [2.75, 3.05) is 13.1 Å². The summed E-state index contributed by atoms with van der Waals surface area (Å²) in [5.74, 6) is 0. The average Bonchev–Trinajstić information content (AvgIpc) is 2.22. The van der Waals surface area contributed by atoms with Crippen molar-refractivity contribution in [3.8, 4) is 0 Å². The second-order valence-electron chi connectivity index (χ2n) is 5.86. The molecule has 0 fully saturated rings. The minimum Gasteiger partial charge on any atom is -0.327 e. The van der Waals surface area contributed by atoms with Gasteiger partial charge in [0.25, 0.3) is 0 Å². The fourth-order valence-corrected chi connectivity index (χ4v) is 1.74. The van der Waals surface area contributed by atoms with Crippen molar-refractivity contribution in [1.82, 2.24) is 4.90 Å². The molecule has 0 bridgehead atoms. The molecule has 2 N–H and O–H groups in total. The molecule has 0 radical (unpaired) electrons. The Morgan fingerprint density at radius 3 is 2.12 bits per heavy atom. The first-order valence-electron chi connectivity index (χ1n) is 6.84. The third kappa shape index (κ3) is 5.31. The van der Waals surface area contributed by atoms with Crippen LogP contribution in [0.2, 0.25) is 0 Å². The van der Waals surface area contributed by atoms with Crippen LogP contribution in [0.1, 0.15) is 60.8 Å². The van der Waals surface area contributed by atoms with Gasteiger partial charge in [-0.15, -0.1) is 0 Å². The highest BCUT2D eigenvalue weighted by Gasteiger charge is 2.27. The van der Waals surface area contributed by atoms with Crippen molar-refractivity contribution in [1.29, 1.82) is 0 Å². The van der Waals surface area contributed by atoms with Crippen LogP contribution in [0.4, 0.5) is 0 Å². The summed E-state index contributed by atoms with van der Waals surface area (Å²) in [4.78, 5) is 2.60. The van der Waals surface area contributed by atoms with Crippen LogP contribution in [0.3, 0.4) is 0 Å². The zero-order chi connectivity index (χ0) is 12.8. The Labute approximate surface area is 103 Å². The highest BCUT2D eigenvalue weighted by atomic mass is 15.2. The normalized spacial score (nSPS) is 16.5. The Kier molecular flexibility index (Phi) is 7.25. The van der Waals surface area contributed by atoms with Gasteiger partial charge in [-0.25, -0.2) is 0 Å². The van der Waals surface area contributed by atoms with Crippen molar-refractivity contribution in [2.24, 2.45) is 11.1 Å². The lowest BCUT2D eigenvalue weighted by atomic mass is 9.85. The molecule has 0 rings (SSSR count). The smallest absolute Gasteiger partial charge is 0.00739 e. The lowest BCUT2D eigenvalue weighted by Crippen LogP contribution is -2.47. The fourth-order valence-electron chi connectivity index (χ4n) is 1.74. The van der Waals surface area contributed by atoms with E-state index >= 15 is 0 Å². The number of nitrogens with two attached hydrogens (primary N) is 1. The van der Waals surface area contributed by atoms with E-state index in [1.165, 1.54) is 25.8 Å². The van der Waals surface area contributed by atoms with E-state index in [1.54, 1.807) is 0 Å². The molecule has 0 spiro atoms. The van der Waals surface area contributed by atoms with Gasteiger partial charge in [-0.1, -0.05) is 34.1 Å². The van der Waals surface area contributed by atoms with Crippen molar-refractivity contribution in [3.05, 3.63) is 0 Å². The third-order valence-electron chi connectivity index (χ3n) is 3.86. The minimum absolute atomic E-state index is 0.206. The first-order valence-corrected chi connectivity index (χ1v) is 6.84. The molecule has 0 saturated carbocycles. The highest BCUT2D eigenvalue weighted by molar-refractivity contribution is 4.83. The van der Waals surface area contributed by atoms with Crippen LogP contribution in [-0.4, -0.2) is 30.1 Å². The van der Waals surface area contributed by atoms with Gasteiger partial charge in [0.15, 0.2) is 0 Å². The summed E-state index contributed by atoms with van der Waals surface area (Å²) >= 11 is 0. The Balaban J connectivity index is 4.40. The van der Waals surface area contributed by atoms with Gasteiger partial charge in [-0.3, -0.25) is 0 Å². The van der Waals surface area contributed by atoms with Gasteiger partial charge < -0.3 is 10.6 Å². The van der Waals surface area contributed by atoms with Crippen LogP contribution in [0, 0.1) is 5.41 Å². The van der Waals surface area contributed by atoms with Crippen LogP contribution < -0.4 is 5.73 Å². The number of hydrogen-bond donors (Lipinski definition) is 1. The molecule has 0 aromatic heterocycles. The molecule has 2 heteroatoms. The number of hydrogen-bond acceptors (Lipinski definition) is 2. The van der Waals surface area contributed by atoms with Crippen LogP contribution in [0.25, 0.3) is 0 Å². The minimum atomic E-state index is 0.206. The molecule has 98 valence electrons. The van der Waals surface area contributed by atoms with E-state index < -0.39 is 0 Å². The standard InChI is InChI=1S/C14H32N2/c1-7-9-10-16(12(3)8-2)11-14(5,6)13(4)15/h12-13H,7-11,15H2,1-6H3. The first kappa shape index (κ1) is 15.9. The molecule has 2 nitrogen and oxygen atoms in total. The van der Waals surface area contributed by atoms with Crippen LogP contribution in [0.5, 0.6) is 0 Å². The van der Waals surface area contributed by atoms with Crippen molar-refractivity contribution < 1.29 is 0 Å². The van der Waals surface area contributed by atoms with Crippen LogP contribution in [-0.2, 0) is 0 Å². The summed E-state index contributed by atoms with van der Waals surface area (Å²) in [5, 5.41) is 0. The number of unbranched alkanes of at least 4 members (excludes halogenated alkanes) is 1. The van der Waals surface area contributed by atoms with Crippen molar-refractivity contribution >= 4 is 0 Å². The number of rotatable bonds is 8. The molecule has 0 amide bonds. The molecule has 2 unspecified atom stereocenters. The zero-order valence-electron chi connectivity index (χ0n) is 12.2. The molecule has 0 aliphatic carbocycles. The molecule has 0 aromatic rings. The maximum atomic E-state index is 6.06. The molecule has 0 saturated heterocycles. The summed E-state index contributed by atoms with van der Waals surface area (Å²) in [5.41, 5.74) is 6.27. The van der Waals surface area contributed by atoms with Crippen LogP contribution >= 0.6 is 0 Å². The summed E-state index contributed by atoms with van der Waals surface area (Å²) in [6.07, 6.45) is 3.78. The van der Waals surface area contributed by atoms with Gasteiger partial charge in [0.1, 0.15) is 0 Å². The predicted octanol–water partition coefficient (Wildman–Crippen LogP) is 3.26. The van der Waals surface area contributed by atoms with Gasteiger partial charge in [0.05, 0.1) is 0 Å². The van der Waals surface area contributed by atoms with Crippen molar-refractivity contribution in [2.45, 2.75) is 72.9 Å². The fraction of sp³-hybridized carbons (Fsp3) is 1.00. The third-order valence-corrected chi connectivity index (χ3v) is 3.86. The lowest BCUT2D eigenvalue weighted by Gasteiger charge is -2.38. The average molecular weight is 228 g/mol. The molecular formula is C14H32N2. The van der Waals surface area contributed by atoms with E-state index in [0.29, 0.717) is 6.04 Å². The van der Waals surface area contributed by atoms with E-state index in [4.69, 9.17) is 5.73 Å². The monoisotopic (exact) mass is 228 g/mol. The highest BCUT2D eigenvalue weighted by Crippen LogP contribution is 2.22. The Morgan fingerprint density at radius 2 is 1.75 bits per heavy atom. The summed E-state index contributed by atoms with van der Waals surface area (Å²) in [7, 11) is 0. The quantitative estimate of drug-likeness (QED) is 0.691. The van der Waals surface area contributed by atoms with Gasteiger partial charge in [-0.05, 0) is 38.6 Å². The van der Waals surface area contributed by atoms with E-state index in [2.05, 4.69) is 46.4 Å². The van der Waals surface area contributed by atoms with Gasteiger partial charge >= 0.3 is 0 Å². The predicted molar refractivity (Wildman–Crippen MR) is 73.7 cm³/mol. The summed E-state index contributed by atoms with van der Waals surface area (Å²) in [6.45, 7) is 15.8. The molecule has 0 aliphatic rings. The van der Waals surface area contributed by atoms with E-state index in [0.717, 1.165) is 6.54 Å². The van der Waals surface area contributed by atoms with Gasteiger partial charge in [-0.2, -0.15) is 0 Å². The largest absolute Gasteiger partial charge is 0.327 e. The van der Waals surface area contributed by atoms with E-state index in [9.17, 15) is 0 Å². The molecule has 0 heterocycles. The molecule has 16 heavy (non-hydrogen) atoms. The first-order chi connectivity index (χ1) is 7.35. The molecule has 0 aromatic carbocycles. The van der Waals surface area contributed by atoms with Crippen LogP contribution in [0.15, 0.2) is 0 Å². The molecule has 2 atom stereocenters. The molecule has 0 aliphatic heterocycles. The second kappa shape index (κ2) is 7.29. The van der Waals surface area contributed by atoms with Gasteiger partial charge in [0, 0.05) is 18.6 Å². The lowest BCUT2D eigenvalue weighted by molar-refractivity contribution is 0.117.